The SMILES string of the molecule is COc1cc(S(C)(=O)=O)c(OC)cc1C(C)C#N. The van der Waals surface area contributed by atoms with Crippen LogP contribution in [0.3, 0.4) is 0 Å². The second-order valence-corrected chi connectivity index (χ2v) is 5.85. The molecular weight excluding hydrogens is 254 g/mol. The number of nitriles is 1. The van der Waals surface area contributed by atoms with Gasteiger partial charge in [-0.15, -0.1) is 0 Å². The van der Waals surface area contributed by atoms with Crippen LogP contribution in [0.5, 0.6) is 11.5 Å². The van der Waals surface area contributed by atoms with E-state index in [4.69, 9.17) is 14.7 Å². The molecule has 0 bridgehead atoms. The first-order chi connectivity index (χ1) is 8.35. The highest BCUT2D eigenvalue weighted by Crippen LogP contribution is 2.35. The van der Waals surface area contributed by atoms with Gasteiger partial charge in [-0.25, -0.2) is 8.42 Å². The van der Waals surface area contributed by atoms with E-state index in [9.17, 15) is 8.42 Å². The molecule has 0 saturated carbocycles. The number of benzene rings is 1. The Morgan fingerprint density at radius 2 is 1.78 bits per heavy atom. The van der Waals surface area contributed by atoms with Gasteiger partial charge in [0.25, 0.3) is 0 Å². The average Bonchev–Trinajstić information content (AvgIpc) is 2.34. The third-order valence-electron chi connectivity index (χ3n) is 2.58. The van der Waals surface area contributed by atoms with Crippen LogP contribution in [0.4, 0.5) is 0 Å². The monoisotopic (exact) mass is 269 g/mol. The predicted molar refractivity (Wildman–Crippen MR) is 66.7 cm³/mol. The lowest BCUT2D eigenvalue weighted by molar-refractivity contribution is 0.388. The normalized spacial score (nSPS) is 12.6. The maximum atomic E-state index is 11.6. The largest absolute Gasteiger partial charge is 0.496 e. The molecule has 18 heavy (non-hydrogen) atoms. The van der Waals surface area contributed by atoms with Crippen molar-refractivity contribution in [3.8, 4) is 17.6 Å². The van der Waals surface area contributed by atoms with Gasteiger partial charge in [-0.3, -0.25) is 0 Å². The lowest BCUT2D eigenvalue weighted by Crippen LogP contribution is -2.04. The lowest BCUT2D eigenvalue weighted by Gasteiger charge is -2.14. The minimum absolute atomic E-state index is 0.0516. The van der Waals surface area contributed by atoms with Gasteiger partial charge in [0.15, 0.2) is 9.84 Å². The predicted octanol–water partition coefficient (Wildman–Crippen LogP) is 1.73. The Morgan fingerprint density at radius 3 is 2.17 bits per heavy atom. The molecule has 98 valence electrons. The fraction of sp³-hybridized carbons (Fsp3) is 0.417. The number of nitrogens with zero attached hydrogens (tertiary/aromatic N) is 1. The fourth-order valence-electron chi connectivity index (χ4n) is 1.59. The second kappa shape index (κ2) is 5.27. The van der Waals surface area contributed by atoms with E-state index in [2.05, 4.69) is 6.07 Å². The maximum absolute atomic E-state index is 11.6. The van der Waals surface area contributed by atoms with Crippen molar-refractivity contribution >= 4 is 9.84 Å². The zero-order valence-electron chi connectivity index (χ0n) is 10.7. The van der Waals surface area contributed by atoms with E-state index < -0.39 is 15.8 Å². The Balaban J connectivity index is 3.58. The Hall–Kier alpha value is -1.74. The maximum Gasteiger partial charge on any atom is 0.179 e. The first kappa shape index (κ1) is 14.3. The molecule has 1 rings (SSSR count). The first-order valence-electron chi connectivity index (χ1n) is 5.20. The molecule has 0 N–H and O–H groups in total. The molecule has 0 heterocycles. The summed E-state index contributed by atoms with van der Waals surface area (Å²) in [6, 6.07) is 5.00. The van der Waals surface area contributed by atoms with Crippen LogP contribution in [0.25, 0.3) is 0 Å². The summed E-state index contributed by atoms with van der Waals surface area (Å²) >= 11 is 0. The van der Waals surface area contributed by atoms with Crippen LogP contribution in [0.1, 0.15) is 18.4 Å². The molecule has 1 unspecified atom stereocenters. The summed E-state index contributed by atoms with van der Waals surface area (Å²) in [6.07, 6.45) is 1.09. The fourth-order valence-corrected chi connectivity index (χ4v) is 2.42. The molecule has 6 heteroatoms. The third kappa shape index (κ3) is 2.74. The van der Waals surface area contributed by atoms with Crippen LogP contribution in [0.15, 0.2) is 17.0 Å². The van der Waals surface area contributed by atoms with Gasteiger partial charge in [-0.1, -0.05) is 0 Å². The van der Waals surface area contributed by atoms with Gasteiger partial charge in [-0.2, -0.15) is 5.26 Å². The van der Waals surface area contributed by atoms with Crippen molar-refractivity contribution < 1.29 is 17.9 Å². The van der Waals surface area contributed by atoms with Crippen molar-refractivity contribution in [3.05, 3.63) is 17.7 Å². The Morgan fingerprint density at radius 1 is 1.22 bits per heavy atom. The minimum atomic E-state index is -3.42. The first-order valence-corrected chi connectivity index (χ1v) is 7.09. The third-order valence-corrected chi connectivity index (χ3v) is 3.69. The van der Waals surface area contributed by atoms with Gasteiger partial charge in [0.1, 0.15) is 16.4 Å². The molecule has 0 amide bonds. The van der Waals surface area contributed by atoms with E-state index in [-0.39, 0.29) is 10.6 Å². The lowest BCUT2D eigenvalue weighted by atomic mass is 10.0. The van der Waals surface area contributed by atoms with E-state index in [0.29, 0.717) is 11.3 Å². The summed E-state index contributed by atoms with van der Waals surface area (Å²) in [5.41, 5.74) is 0.601. The number of ether oxygens (including phenoxy) is 2. The van der Waals surface area contributed by atoms with Crippen LogP contribution in [-0.2, 0) is 9.84 Å². The van der Waals surface area contributed by atoms with E-state index >= 15 is 0 Å². The molecule has 0 aliphatic heterocycles. The van der Waals surface area contributed by atoms with Crippen molar-refractivity contribution in [2.75, 3.05) is 20.5 Å². The molecular formula is C12H15NO4S. The van der Waals surface area contributed by atoms with Gasteiger partial charge < -0.3 is 9.47 Å². The van der Waals surface area contributed by atoms with E-state index in [0.717, 1.165) is 6.26 Å². The highest BCUT2D eigenvalue weighted by Gasteiger charge is 2.21. The van der Waals surface area contributed by atoms with E-state index in [1.54, 1.807) is 6.92 Å². The van der Waals surface area contributed by atoms with Crippen molar-refractivity contribution in [2.45, 2.75) is 17.7 Å². The Kier molecular flexibility index (Phi) is 4.19. The van der Waals surface area contributed by atoms with Crippen LogP contribution < -0.4 is 9.47 Å². The van der Waals surface area contributed by atoms with Gasteiger partial charge in [-0.05, 0) is 13.0 Å². The van der Waals surface area contributed by atoms with Crippen LogP contribution >= 0.6 is 0 Å². The zero-order valence-corrected chi connectivity index (χ0v) is 11.5. The molecule has 1 aromatic carbocycles. The quantitative estimate of drug-likeness (QED) is 0.832. The van der Waals surface area contributed by atoms with Gasteiger partial charge >= 0.3 is 0 Å². The highest BCUT2D eigenvalue weighted by molar-refractivity contribution is 7.90. The molecule has 0 aliphatic rings. The molecule has 1 atom stereocenters. The molecule has 5 nitrogen and oxygen atoms in total. The van der Waals surface area contributed by atoms with Crippen molar-refractivity contribution in [3.63, 3.8) is 0 Å². The summed E-state index contributed by atoms with van der Waals surface area (Å²) in [5, 5.41) is 8.94. The van der Waals surface area contributed by atoms with Gasteiger partial charge in [0, 0.05) is 17.9 Å². The Labute approximate surface area is 107 Å². The Bertz CT molecular complexity index is 587. The number of sulfone groups is 1. The molecule has 1 aromatic rings. The van der Waals surface area contributed by atoms with Gasteiger partial charge in [0.2, 0.25) is 0 Å². The molecule has 0 fully saturated rings. The number of hydrogen-bond acceptors (Lipinski definition) is 5. The summed E-state index contributed by atoms with van der Waals surface area (Å²) in [4.78, 5) is 0.0516. The summed E-state index contributed by atoms with van der Waals surface area (Å²) in [7, 11) is -0.597. The van der Waals surface area contributed by atoms with E-state index in [1.165, 1.54) is 26.4 Å². The van der Waals surface area contributed by atoms with Crippen LogP contribution in [0, 0.1) is 11.3 Å². The minimum Gasteiger partial charge on any atom is -0.496 e. The number of rotatable bonds is 4. The molecule has 0 radical (unpaired) electrons. The highest BCUT2D eigenvalue weighted by atomic mass is 32.2. The van der Waals surface area contributed by atoms with E-state index in [1.807, 2.05) is 0 Å². The molecule has 0 spiro atoms. The summed E-state index contributed by atoms with van der Waals surface area (Å²) in [5.74, 6) is 0.170. The van der Waals surface area contributed by atoms with Gasteiger partial charge in [0.05, 0.1) is 26.2 Å². The van der Waals surface area contributed by atoms with Crippen LogP contribution in [0.2, 0.25) is 0 Å². The molecule has 0 aromatic heterocycles. The second-order valence-electron chi connectivity index (χ2n) is 3.87. The van der Waals surface area contributed by atoms with Crippen LogP contribution in [-0.4, -0.2) is 28.9 Å². The number of methoxy groups -OCH3 is 2. The molecule has 0 aliphatic carbocycles. The molecule has 0 saturated heterocycles. The smallest absolute Gasteiger partial charge is 0.179 e. The summed E-state index contributed by atoms with van der Waals surface area (Å²) < 4.78 is 33.5. The zero-order chi connectivity index (χ0) is 13.9. The van der Waals surface area contributed by atoms with Crippen molar-refractivity contribution in [2.24, 2.45) is 0 Å². The number of hydrogen-bond donors (Lipinski definition) is 0. The van der Waals surface area contributed by atoms with Crippen molar-refractivity contribution in [1.82, 2.24) is 0 Å². The van der Waals surface area contributed by atoms with Crippen molar-refractivity contribution in [1.29, 1.82) is 5.26 Å². The standard InChI is InChI=1S/C12H15NO4S/c1-8(7-13)9-5-11(17-3)12(18(4,14)15)6-10(9)16-2/h5-6,8H,1-4H3. The topological polar surface area (TPSA) is 76.4 Å². The summed E-state index contributed by atoms with van der Waals surface area (Å²) in [6.45, 7) is 1.71. The average molecular weight is 269 g/mol.